The van der Waals surface area contributed by atoms with Crippen molar-refractivity contribution in [3.8, 4) is 0 Å². The van der Waals surface area contributed by atoms with E-state index in [1.165, 1.54) is 38.5 Å². The van der Waals surface area contributed by atoms with E-state index in [1.54, 1.807) is 0 Å². The Balaban J connectivity index is 1.54. The Hall–Kier alpha value is -0.560. The molecular formula is C28H46O. The van der Waals surface area contributed by atoms with Gasteiger partial charge in [-0.05, 0) is 104 Å². The summed E-state index contributed by atoms with van der Waals surface area (Å²) in [5, 5.41) is 10.2. The van der Waals surface area contributed by atoms with E-state index in [0.29, 0.717) is 28.6 Å². The van der Waals surface area contributed by atoms with Crippen LogP contribution < -0.4 is 0 Å². The molecule has 4 aliphatic rings. The topological polar surface area (TPSA) is 20.2 Å². The van der Waals surface area contributed by atoms with E-state index in [9.17, 15) is 5.11 Å². The Morgan fingerprint density at radius 2 is 1.62 bits per heavy atom. The first kappa shape index (κ1) is 21.7. The van der Waals surface area contributed by atoms with Gasteiger partial charge in [0.2, 0.25) is 0 Å². The highest BCUT2D eigenvalue weighted by Gasteiger charge is 2.57. The van der Waals surface area contributed by atoms with Crippen LogP contribution in [0.4, 0.5) is 0 Å². The molecule has 4 aliphatic carbocycles. The van der Waals surface area contributed by atoms with Gasteiger partial charge < -0.3 is 5.11 Å². The molecule has 0 radical (unpaired) electrons. The van der Waals surface area contributed by atoms with Gasteiger partial charge in [-0.25, -0.2) is 0 Å². The number of allylic oxidation sites excluding steroid dienone is 4. The maximum atomic E-state index is 10.2. The maximum absolute atomic E-state index is 10.2. The number of rotatable bonds is 4. The number of aliphatic hydroxyl groups is 1. The Kier molecular flexibility index (Phi) is 5.86. The number of hydrogen-bond donors (Lipinski definition) is 1. The molecule has 0 aromatic heterocycles. The maximum Gasteiger partial charge on any atom is 0.0543 e. The van der Waals surface area contributed by atoms with E-state index in [0.717, 1.165) is 36.5 Å². The van der Waals surface area contributed by atoms with Crippen LogP contribution in [0, 0.1) is 52.3 Å². The minimum absolute atomic E-state index is 0.0476. The average Bonchev–Trinajstić information content (AvgIpc) is 3.03. The monoisotopic (exact) mass is 398 g/mol. The molecule has 0 amide bonds. The van der Waals surface area contributed by atoms with Gasteiger partial charge in [-0.1, -0.05) is 65.3 Å². The zero-order valence-corrected chi connectivity index (χ0v) is 20.0. The highest BCUT2D eigenvalue weighted by molar-refractivity contribution is 5.28. The van der Waals surface area contributed by atoms with Crippen LogP contribution in [0.1, 0.15) is 92.9 Å². The van der Waals surface area contributed by atoms with Crippen LogP contribution >= 0.6 is 0 Å². The van der Waals surface area contributed by atoms with Crippen molar-refractivity contribution in [2.75, 3.05) is 0 Å². The lowest BCUT2D eigenvalue weighted by atomic mass is 9.47. The zero-order valence-electron chi connectivity index (χ0n) is 20.0. The van der Waals surface area contributed by atoms with Gasteiger partial charge in [0.1, 0.15) is 0 Å². The van der Waals surface area contributed by atoms with E-state index in [2.05, 4.69) is 59.8 Å². The van der Waals surface area contributed by atoms with Crippen LogP contribution in [0.2, 0.25) is 0 Å². The van der Waals surface area contributed by atoms with Gasteiger partial charge in [-0.3, -0.25) is 0 Å². The second-order valence-corrected chi connectivity index (χ2v) is 12.3. The predicted octanol–water partition coefficient (Wildman–Crippen LogP) is 7.41. The van der Waals surface area contributed by atoms with Gasteiger partial charge >= 0.3 is 0 Å². The SMILES string of the molecule is CC(C)[C@@H](C)/C=C/[C@@H](C)[C@H]1CC[C@H]2C3=CC[C@H]4C[C@@H](O)CC[C@]4(C)[C@H]3CCC12C. The molecule has 0 aromatic carbocycles. The van der Waals surface area contributed by atoms with Gasteiger partial charge in [0, 0.05) is 0 Å². The molecule has 0 bridgehead atoms. The Morgan fingerprint density at radius 3 is 2.34 bits per heavy atom. The first-order chi connectivity index (χ1) is 13.7. The van der Waals surface area contributed by atoms with Crippen molar-refractivity contribution in [2.45, 2.75) is 99.0 Å². The van der Waals surface area contributed by atoms with Crippen molar-refractivity contribution in [1.29, 1.82) is 0 Å². The van der Waals surface area contributed by atoms with Crippen LogP contribution in [0.3, 0.4) is 0 Å². The van der Waals surface area contributed by atoms with Crippen LogP contribution in [0.5, 0.6) is 0 Å². The van der Waals surface area contributed by atoms with Crippen molar-refractivity contribution in [1.82, 2.24) is 0 Å². The summed E-state index contributed by atoms with van der Waals surface area (Å²) in [6, 6.07) is 0. The summed E-state index contributed by atoms with van der Waals surface area (Å²) in [7, 11) is 0. The van der Waals surface area contributed by atoms with Gasteiger partial charge in [0.25, 0.3) is 0 Å². The Labute approximate surface area is 180 Å². The summed E-state index contributed by atoms with van der Waals surface area (Å²) in [5.41, 5.74) is 2.79. The lowest BCUT2D eigenvalue weighted by Gasteiger charge is -2.57. The lowest BCUT2D eigenvalue weighted by Crippen LogP contribution is -2.49. The van der Waals surface area contributed by atoms with Gasteiger partial charge in [0.15, 0.2) is 0 Å². The summed E-state index contributed by atoms with van der Waals surface area (Å²) < 4.78 is 0. The molecule has 164 valence electrons. The third-order valence-corrected chi connectivity index (χ3v) is 10.5. The molecule has 0 aliphatic heterocycles. The van der Waals surface area contributed by atoms with E-state index in [1.807, 2.05) is 5.57 Å². The van der Waals surface area contributed by atoms with Gasteiger partial charge in [0.05, 0.1) is 6.10 Å². The molecule has 0 aromatic rings. The molecule has 0 saturated heterocycles. The third-order valence-electron chi connectivity index (χ3n) is 10.5. The molecule has 3 fully saturated rings. The summed E-state index contributed by atoms with van der Waals surface area (Å²) in [6.45, 7) is 14.7. The number of hydrogen-bond acceptors (Lipinski definition) is 1. The predicted molar refractivity (Wildman–Crippen MR) is 124 cm³/mol. The molecule has 4 rings (SSSR count). The normalized spacial score (nSPS) is 46.8. The summed E-state index contributed by atoms with van der Waals surface area (Å²) in [6.07, 6.45) is 17.8. The van der Waals surface area contributed by atoms with E-state index in [4.69, 9.17) is 0 Å². The third kappa shape index (κ3) is 3.58. The minimum Gasteiger partial charge on any atom is -0.393 e. The molecule has 1 heteroatoms. The largest absolute Gasteiger partial charge is 0.393 e. The Bertz CT molecular complexity index is 659. The van der Waals surface area contributed by atoms with Crippen molar-refractivity contribution in [2.24, 2.45) is 52.3 Å². The summed E-state index contributed by atoms with van der Waals surface area (Å²) in [5.74, 6) is 5.25. The fraction of sp³-hybridized carbons (Fsp3) is 0.857. The first-order valence-electron chi connectivity index (χ1n) is 12.7. The molecule has 9 atom stereocenters. The molecule has 1 N–H and O–H groups in total. The van der Waals surface area contributed by atoms with Crippen LogP contribution in [-0.2, 0) is 0 Å². The van der Waals surface area contributed by atoms with Gasteiger partial charge in [-0.2, -0.15) is 0 Å². The van der Waals surface area contributed by atoms with Crippen molar-refractivity contribution >= 4 is 0 Å². The van der Waals surface area contributed by atoms with Crippen LogP contribution in [0.15, 0.2) is 23.8 Å². The molecule has 1 unspecified atom stereocenters. The Morgan fingerprint density at radius 1 is 0.931 bits per heavy atom. The minimum atomic E-state index is -0.0476. The highest BCUT2D eigenvalue weighted by Crippen LogP contribution is 2.66. The quantitative estimate of drug-likeness (QED) is 0.489. The molecule has 1 nitrogen and oxygen atoms in total. The molecule has 29 heavy (non-hydrogen) atoms. The van der Waals surface area contributed by atoms with Crippen molar-refractivity contribution < 1.29 is 5.11 Å². The fourth-order valence-corrected chi connectivity index (χ4v) is 8.10. The smallest absolute Gasteiger partial charge is 0.0543 e. The summed E-state index contributed by atoms with van der Waals surface area (Å²) >= 11 is 0. The molecule has 0 heterocycles. The summed E-state index contributed by atoms with van der Waals surface area (Å²) in [4.78, 5) is 0. The molecule has 0 spiro atoms. The van der Waals surface area contributed by atoms with Crippen molar-refractivity contribution in [3.63, 3.8) is 0 Å². The average molecular weight is 399 g/mol. The van der Waals surface area contributed by atoms with Crippen LogP contribution in [0.25, 0.3) is 0 Å². The zero-order chi connectivity index (χ0) is 21.0. The van der Waals surface area contributed by atoms with E-state index >= 15 is 0 Å². The second kappa shape index (κ2) is 7.85. The standard InChI is InChI=1S/C28H46O/c1-18(2)19(3)7-8-20(4)24-11-12-25-23-10-9-21-17-22(29)13-15-27(21,5)26(23)14-16-28(24,25)6/h7-8,10,18-22,24-26,29H,9,11-17H2,1-6H3/b8-7+/t19-,20+,21-,22-,24+,25-,26-,27-,28?/m0/s1. The molecular weight excluding hydrogens is 352 g/mol. The van der Waals surface area contributed by atoms with E-state index in [-0.39, 0.29) is 6.10 Å². The number of aliphatic hydroxyl groups excluding tert-OH is 1. The number of fused-ring (bicyclic) bond motifs is 5. The fourth-order valence-electron chi connectivity index (χ4n) is 8.10. The molecule has 3 saturated carbocycles. The van der Waals surface area contributed by atoms with E-state index < -0.39 is 0 Å². The first-order valence-corrected chi connectivity index (χ1v) is 12.7. The van der Waals surface area contributed by atoms with Crippen molar-refractivity contribution in [3.05, 3.63) is 23.8 Å². The van der Waals surface area contributed by atoms with Crippen LogP contribution in [-0.4, -0.2) is 11.2 Å². The second-order valence-electron chi connectivity index (χ2n) is 12.3. The lowest BCUT2D eigenvalue weighted by molar-refractivity contribution is -0.0414. The van der Waals surface area contributed by atoms with Gasteiger partial charge in [-0.15, -0.1) is 0 Å². The highest BCUT2D eigenvalue weighted by atomic mass is 16.3.